The molecule has 0 spiro atoms. The minimum absolute atomic E-state index is 0. The van der Waals surface area contributed by atoms with E-state index in [2.05, 4.69) is 19.2 Å². The van der Waals surface area contributed by atoms with Crippen molar-refractivity contribution in [1.29, 1.82) is 0 Å². The highest BCUT2D eigenvalue weighted by Gasteiger charge is 2.37. The minimum Gasteiger partial charge on any atom is -0.341 e. The normalized spacial score (nSPS) is 21.7. The number of hydrogen-bond acceptors (Lipinski definition) is 4. The van der Waals surface area contributed by atoms with Gasteiger partial charge in [-0.1, -0.05) is 20.3 Å². The molecule has 140 valence electrons. The zero-order chi connectivity index (χ0) is 16.7. The summed E-state index contributed by atoms with van der Waals surface area (Å²) in [6.45, 7) is 7.96. The molecule has 0 aliphatic carbocycles. The summed E-state index contributed by atoms with van der Waals surface area (Å²) in [4.78, 5) is 28.9. The molecule has 0 bridgehead atoms. The number of nitrogens with zero attached hydrogens (tertiary/aromatic N) is 2. The van der Waals surface area contributed by atoms with Crippen LogP contribution in [0.25, 0.3) is 0 Å². The Balaban J connectivity index is 0.00000288. The van der Waals surface area contributed by atoms with E-state index in [4.69, 9.17) is 0 Å². The summed E-state index contributed by atoms with van der Waals surface area (Å²) in [6, 6.07) is -0.227. The largest absolute Gasteiger partial charge is 0.341 e. The molecule has 0 aromatic rings. The SMILES string of the molecule is CCCCC(=O)N1CSCC1C(=O)N1CCC(CNCC)CC1.Cl. The topological polar surface area (TPSA) is 52.7 Å². The van der Waals surface area contributed by atoms with E-state index in [9.17, 15) is 9.59 Å². The smallest absolute Gasteiger partial charge is 0.246 e. The number of unbranched alkanes of at least 4 members (excludes halogenated alkanes) is 1. The van der Waals surface area contributed by atoms with Crippen molar-refractivity contribution in [2.45, 2.75) is 52.0 Å². The maximum atomic E-state index is 12.8. The molecule has 5 nitrogen and oxygen atoms in total. The molecule has 1 unspecified atom stereocenters. The van der Waals surface area contributed by atoms with Crippen molar-refractivity contribution in [3.05, 3.63) is 0 Å². The molecule has 0 saturated carbocycles. The molecule has 2 rings (SSSR count). The number of amides is 2. The fourth-order valence-corrected chi connectivity index (χ4v) is 4.45. The van der Waals surface area contributed by atoms with Crippen LogP contribution in [0.5, 0.6) is 0 Å². The van der Waals surface area contributed by atoms with Gasteiger partial charge in [-0.25, -0.2) is 0 Å². The zero-order valence-corrected chi connectivity index (χ0v) is 16.6. The number of halogens is 1. The Morgan fingerprint density at radius 2 is 1.92 bits per heavy atom. The lowest BCUT2D eigenvalue weighted by Crippen LogP contribution is -2.51. The Kier molecular flexibility index (Phi) is 10.1. The number of hydrogen-bond donors (Lipinski definition) is 1. The Morgan fingerprint density at radius 3 is 2.54 bits per heavy atom. The second kappa shape index (κ2) is 11.2. The van der Waals surface area contributed by atoms with Crippen LogP contribution >= 0.6 is 24.2 Å². The lowest BCUT2D eigenvalue weighted by Gasteiger charge is -2.35. The number of carbonyl (C=O) groups excluding carboxylic acids is 2. The molecule has 2 saturated heterocycles. The van der Waals surface area contributed by atoms with Gasteiger partial charge >= 0.3 is 0 Å². The van der Waals surface area contributed by atoms with Crippen LogP contribution in [0.15, 0.2) is 0 Å². The van der Waals surface area contributed by atoms with Crippen LogP contribution in [0, 0.1) is 5.92 Å². The summed E-state index contributed by atoms with van der Waals surface area (Å²) in [5.41, 5.74) is 0. The molecule has 2 aliphatic heterocycles. The van der Waals surface area contributed by atoms with E-state index in [1.165, 1.54) is 0 Å². The molecule has 24 heavy (non-hydrogen) atoms. The Hall–Kier alpha value is -0.460. The Labute approximate surface area is 156 Å². The van der Waals surface area contributed by atoms with Crippen LogP contribution in [0.2, 0.25) is 0 Å². The standard InChI is InChI=1S/C17H31N3O2S.ClH/c1-3-5-6-16(21)20-13-23-12-15(20)17(22)19-9-7-14(8-10-19)11-18-4-2;/h14-15,18H,3-13H2,1-2H3;1H. The van der Waals surface area contributed by atoms with Crippen molar-refractivity contribution in [2.24, 2.45) is 5.92 Å². The van der Waals surface area contributed by atoms with Gasteiger partial charge in [0, 0.05) is 25.3 Å². The van der Waals surface area contributed by atoms with Crippen LogP contribution in [0.1, 0.15) is 46.0 Å². The van der Waals surface area contributed by atoms with E-state index in [0.717, 1.165) is 57.6 Å². The van der Waals surface area contributed by atoms with E-state index in [1.807, 2.05) is 9.80 Å². The molecule has 2 amide bonds. The third-order valence-electron chi connectivity index (χ3n) is 4.84. The second-order valence-corrected chi connectivity index (χ2v) is 7.56. The van der Waals surface area contributed by atoms with Crippen molar-refractivity contribution in [1.82, 2.24) is 15.1 Å². The number of piperidine rings is 1. The molecule has 7 heteroatoms. The number of carbonyl (C=O) groups is 2. The van der Waals surface area contributed by atoms with E-state index < -0.39 is 0 Å². The summed E-state index contributed by atoms with van der Waals surface area (Å²) >= 11 is 1.70. The van der Waals surface area contributed by atoms with Gasteiger partial charge < -0.3 is 15.1 Å². The zero-order valence-electron chi connectivity index (χ0n) is 15.0. The van der Waals surface area contributed by atoms with Gasteiger partial charge in [0.2, 0.25) is 11.8 Å². The maximum Gasteiger partial charge on any atom is 0.246 e. The molecule has 2 aliphatic rings. The van der Waals surface area contributed by atoms with Gasteiger partial charge in [0.25, 0.3) is 0 Å². The molecular weight excluding hydrogens is 346 g/mol. The van der Waals surface area contributed by atoms with Crippen LogP contribution in [-0.4, -0.2) is 65.5 Å². The summed E-state index contributed by atoms with van der Waals surface area (Å²) in [6.07, 6.45) is 4.65. The third kappa shape index (κ3) is 5.81. The monoisotopic (exact) mass is 377 g/mol. The van der Waals surface area contributed by atoms with Gasteiger partial charge in [0.15, 0.2) is 0 Å². The van der Waals surface area contributed by atoms with Crippen LogP contribution < -0.4 is 5.32 Å². The minimum atomic E-state index is -0.227. The highest BCUT2D eigenvalue weighted by Crippen LogP contribution is 2.26. The van der Waals surface area contributed by atoms with Crippen LogP contribution in [0.4, 0.5) is 0 Å². The van der Waals surface area contributed by atoms with Crippen molar-refractivity contribution >= 4 is 36.0 Å². The van der Waals surface area contributed by atoms with Gasteiger partial charge in [-0.15, -0.1) is 24.2 Å². The first-order valence-corrected chi connectivity index (χ1v) is 10.2. The first-order valence-electron chi connectivity index (χ1n) is 9.04. The highest BCUT2D eigenvalue weighted by molar-refractivity contribution is 7.99. The van der Waals surface area contributed by atoms with Crippen molar-refractivity contribution in [2.75, 3.05) is 37.8 Å². The van der Waals surface area contributed by atoms with Crippen molar-refractivity contribution in [3.8, 4) is 0 Å². The Morgan fingerprint density at radius 1 is 1.21 bits per heavy atom. The first kappa shape index (κ1) is 21.6. The first-order chi connectivity index (χ1) is 11.2. The van der Waals surface area contributed by atoms with E-state index in [-0.39, 0.29) is 30.3 Å². The summed E-state index contributed by atoms with van der Waals surface area (Å²) in [5, 5.41) is 3.40. The molecule has 0 aromatic heterocycles. The van der Waals surface area contributed by atoms with Crippen molar-refractivity contribution < 1.29 is 9.59 Å². The third-order valence-corrected chi connectivity index (χ3v) is 5.85. The summed E-state index contributed by atoms with van der Waals surface area (Å²) in [5.74, 6) is 2.43. The molecule has 1 atom stereocenters. The predicted molar refractivity (Wildman–Crippen MR) is 103 cm³/mol. The summed E-state index contributed by atoms with van der Waals surface area (Å²) < 4.78 is 0. The number of thioether (sulfide) groups is 1. The van der Waals surface area contributed by atoms with E-state index in [1.54, 1.807) is 11.8 Å². The van der Waals surface area contributed by atoms with Gasteiger partial charge in [0.1, 0.15) is 6.04 Å². The van der Waals surface area contributed by atoms with Gasteiger partial charge in [0.05, 0.1) is 5.88 Å². The average Bonchev–Trinajstić information content (AvgIpc) is 3.07. The van der Waals surface area contributed by atoms with E-state index >= 15 is 0 Å². The maximum absolute atomic E-state index is 12.8. The molecule has 1 N–H and O–H groups in total. The summed E-state index contributed by atoms with van der Waals surface area (Å²) in [7, 11) is 0. The quantitative estimate of drug-likeness (QED) is 0.739. The molecule has 0 radical (unpaired) electrons. The van der Waals surface area contributed by atoms with Crippen LogP contribution in [-0.2, 0) is 9.59 Å². The van der Waals surface area contributed by atoms with Crippen LogP contribution in [0.3, 0.4) is 0 Å². The molecule has 2 fully saturated rings. The van der Waals surface area contributed by atoms with Gasteiger partial charge in [-0.3, -0.25) is 9.59 Å². The molecule has 0 aromatic carbocycles. The fourth-order valence-electron chi connectivity index (χ4n) is 3.28. The fraction of sp³-hybridized carbons (Fsp3) is 0.882. The predicted octanol–water partition coefficient (Wildman–Crippen LogP) is 2.35. The second-order valence-electron chi connectivity index (χ2n) is 6.56. The van der Waals surface area contributed by atoms with Crippen molar-refractivity contribution in [3.63, 3.8) is 0 Å². The average molecular weight is 378 g/mol. The van der Waals surface area contributed by atoms with Gasteiger partial charge in [-0.2, -0.15) is 0 Å². The van der Waals surface area contributed by atoms with Gasteiger partial charge in [-0.05, 0) is 38.3 Å². The Bertz CT molecular complexity index is 403. The number of nitrogens with one attached hydrogen (secondary N) is 1. The highest BCUT2D eigenvalue weighted by atomic mass is 35.5. The molecular formula is C17H32ClN3O2S. The van der Waals surface area contributed by atoms with E-state index in [0.29, 0.717) is 18.2 Å². The molecule has 2 heterocycles. The number of likely N-dealkylation sites (tertiary alicyclic amines) is 1. The lowest BCUT2D eigenvalue weighted by atomic mass is 9.96. The lowest BCUT2D eigenvalue weighted by molar-refractivity contribution is -0.144. The number of rotatable bonds is 7.